The van der Waals surface area contributed by atoms with Gasteiger partial charge in [-0.3, -0.25) is 4.98 Å². The third kappa shape index (κ3) is 2.01. The molecule has 0 bridgehead atoms. The van der Waals surface area contributed by atoms with E-state index in [2.05, 4.69) is 9.72 Å². The van der Waals surface area contributed by atoms with Crippen LogP contribution in [0, 0.1) is 0 Å². The summed E-state index contributed by atoms with van der Waals surface area (Å²) in [6.45, 7) is 0. The second-order valence-corrected chi connectivity index (χ2v) is 3.55. The van der Waals surface area contributed by atoms with Crippen LogP contribution in [-0.4, -0.2) is 18.1 Å². The number of nitrogens with zero attached hydrogens (tertiary/aromatic N) is 1. The van der Waals surface area contributed by atoms with Crippen molar-refractivity contribution in [3.63, 3.8) is 0 Å². The van der Waals surface area contributed by atoms with E-state index < -0.39 is 17.7 Å². The zero-order valence-corrected chi connectivity index (χ0v) is 9.28. The summed E-state index contributed by atoms with van der Waals surface area (Å²) in [7, 11) is 1.17. The predicted molar refractivity (Wildman–Crippen MR) is 58.1 cm³/mol. The van der Waals surface area contributed by atoms with Crippen LogP contribution in [0.1, 0.15) is 15.9 Å². The Kier molecular flexibility index (Phi) is 2.94. The van der Waals surface area contributed by atoms with Crippen LogP contribution < -0.4 is 0 Å². The Morgan fingerprint density at radius 3 is 2.61 bits per heavy atom. The fourth-order valence-electron chi connectivity index (χ4n) is 1.69. The smallest absolute Gasteiger partial charge is 0.418 e. The molecule has 0 saturated heterocycles. The lowest BCUT2D eigenvalue weighted by Gasteiger charge is -2.10. The summed E-state index contributed by atoms with van der Waals surface area (Å²) in [6.07, 6.45) is -3.36. The van der Waals surface area contributed by atoms with Gasteiger partial charge in [0.05, 0.1) is 23.8 Å². The molecule has 0 saturated carbocycles. The Balaban J connectivity index is 2.78. The summed E-state index contributed by atoms with van der Waals surface area (Å²) in [5.41, 5.74) is -1.06. The number of aromatic nitrogens is 1. The van der Waals surface area contributed by atoms with E-state index >= 15 is 0 Å². The van der Waals surface area contributed by atoms with E-state index in [0.29, 0.717) is 0 Å². The minimum Gasteiger partial charge on any atom is -0.465 e. The number of carbonyl (C=O) groups is 1. The summed E-state index contributed by atoms with van der Waals surface area (Å²) < 4.78 is 42.9. The molecule has 1 aromatic heterocycles. The number of fused-ring (bicyclic) bond motifs is 1. The van der Waals surface area contributed by atoms with Crippen LogP contribution in [-0.2, 0) is 10.9 Å². The Hall–Kier alpha value is -2.11. The number of hydrogen-bond donors (Lipinski definition) is 0. The number of methoxy groups -OCH3 is 1. The standard InChI is InChI=1S/C12H8F3NO2/c1-18-11(17)8-5-6-16-10-7(8)3-2-4-9(10)12(13,14)15/h2-6H,1H3. The van der Waals surface area contributed by atoms with Gasteiger partial charge in [0.1, 0.15) is 0 Å². The number of esters is 1. The molecule has 0 aliphatic rings. The molecular weight excluding hydrogens is 247 g/mol. The van der Waals surface area contributed by atoms with Gasteiger partial charge in [0, 0.05) is 11.6 Å². The summed E-state index contributed by atoms with van der Waals surface area (Å²) in [6, 6.07) is 4.90. The van der Waals surface area contributed by atoms with Crippen molar-refractivity contribution in [2.45, 2.75) is 6.18 Å². The molecule has 3 nitrogen and oxygen atoms in total. The van der Waals surface area contributed by atoms with E-state index in [-0.39, 0.29) is 16.5 Å². The van der Waals surface area contributed by atoms with E-state index in [4.69, 9.17) is 0 Å². The summed E-state index contributed by atoms with van der Waals surface area (Å²) in [5.74, 6) is -0.693. The van der Waals surface area contributed by atoms with Gasteiger partial charge in [0.2, 0.25) is 0 Å². The van der Waals surface area contributed by atoms with E-state index in [1.165, 1.54) is 25.3 Å². The Morgan fingerprint density at radius 2 is 2.00 bits per heavy atom. The van der Waals surface area contributed by atoms with E-state index in [0.717, 1.165) is 12.3 Å². The first kappa shape index (κ1) is 12.3. The predicted octanol–water partition coefficient (Wildman–Crippen LogP) is 3.04. The largest absolute Gasteiger partial charge is 0.465 e. The number of alkyl halides is 3. The Labute approximate surface area is 100 Å². The van der Waals surface area contributed by atoms with Gasteiger partial charge >= 0.3 is 12.1 Å². The lowest BCUT2D eigenvalue weighted by Crippen LogP contribution is -2.08. The van der Waals surface area contributed by atoms with Crippen LogP contribution in [0.25, 0.3) is 10.9 Å². The monoisotopic (exact) mass is 255 g/mol. The first-order valence-corrected chi connectivity index (χ1v) is 4.98. The normalized spacial score (nSPS) is 11.6. The fourth-order valence-corrected chi connectivity index (χ4v) is 1.69. The first-order chi connectivity index (χ1) is 8.45. The van der Waals surface area contributed by atoms with E-state index in [9.17, 15) is 18.0 Å². The first-order valence-electron chi connectivity index (χ1n) is 4.98. The third-order valence-corrected chi connectivity index (χ3v) is 2.48. The van der Waals surface area contributed by atoms with Gasteiger partial charge in [-0.1, -0.05) is 12.1 Å². The zero-order chi connectivity index (χ0) is 13.3. The number of para-hydroxylation sites is 1. The molecule has 1 aromatic carbocycles. The van der Waals surface area contributed by atoms with Gasteiger partial charge in [-0.15, -0.1) is 0 Å². The van der Waals surface area contributed by atoms with Crippen LogP contribution in [0.2, 0.25) is 0 Å². The summed E-state index contributed by atoms with van der Waals surface area (Å²) >= 11 is 0. The third-order valence-electron chi connectivity index (χ3n) is 2.48. The quantitative estimate of drug-likeness (QED) is 0.735. The second-order valence-electron chi connectivity index (χ2n) is 3.55. The van der Waals surface area contributed by atoms with Gasteiger partial charge in [-0.2, -0.15) is 13.2 Å². The van der Waals surface area contributed by atoms with Crippen LogP contribution in [0.3, 0.4) is 0 Å². The number of ether oxygens (including phenoxy) is 1. The van der Waals surface area contributed by atoms with Crippen molar-refractivity contribution >= 4 is 16.9 Å². The van der Waals surface area contributed by atoms with Crippen LogP contribution in [0.15, 0.2) is 30.5 Å². The molecule has 0 amide bonds. The molecule has 0 aliphatic heterocycles. The minimum atomic E-state index is -4.51. The molecule has 0 aliphatic carbocycles. The molecule has 0 radical (unpaired) electrons. The van der Waals surface area contributed by atoms with Crippen molar-refractivity contribution in [3.05, 3.63) is 41.6 Å². The molecule has 0 fully saturated rings. The molecule has 0 N–H and O–H groups in total. The highest BCUT2D eigenvalue weighted by Crippen LogP contribution is 2.34. The number of benzene rings is 1. The van der Waals surface area contributed by atoms with Gasteiger partial charge in [0.15, 0.2) is 0 Å². The van der Waals surface area contributed by atoms with Crippen molar-refractivity contribution in [2.75, 3.05) is 7.11 Å². The Bertz CT molecular complexity index is 608. The van der Waals surface area contributed by atoms with Crippen LogP contribution >= 0.6 is 0 Å². The number of carbonyl (C=O) groups excluding carboxylic acids is 1. The number of hydrogen-bond acceptors (Lipinski definition) is 3. The van der Waals surface area contributed by atoms with Gasteiger partial charge in [-0.05, 0) is 12.1 Å². The van der Waals surface area contributed by atoms with Crippen molar-refractivity contribution in [1.29, 1.82) is 0 Å². The van der Waals surface area contributed by atoms with Crippen LogP contribution in [0.5, 0.6) is 0 Å². The summed E-state index contributed by atoms with van der Waals surface area (Å²) in [5, 5.41) is 0.124. The van der Waals surface area contributed by atoms with Crippen molar-refractivity contribution in [3.8, 4) is 0 Å². The lowest BCUT2D eigenvalue weighted by molar-refractivity contribution is -0.136. The van der Waals surface area contributed by atoms with Gasteiger partial charge < -0.3 is 4.74 Å². The Morgan fingerprint density at radius 1 is 1.28 bits per heavy atom. The number of halogens is 3. The topological polar surface area (TPSA) is 39.2 Å². The van der Waals surface area contributed by atoms with Crippen LogP contribution in [0.4, 0.5) is 13.2 Å². The lowest BCUT2D eigenvalue weighted by atomic mass is 10.0. The molecule has 0 unspecified atom stereocenters. The van der Waals surface area contributed by atoms with Gasteiger partial charge in [0.25, 0.3) is 0 Å². The van der Waals surface area contributed by atoms with E-state index in [1.807, 2.05) is 0 Å². The maximum absolute atomic E-state index is 12.8. The summed E-state index contributed by atoms with van der Waals surface area (Å²) in [4.78, 5) is 15.2. The zero-order valence-electron chi connectivity index (χ0n) is 9.28. The van der Waals surface area contributed by atoms with Crippen molar-refractivity contribution in [2.24, 2.45) is 0 Å². The molecule has 0 atom stereocenters. The van der Waals surface area contributed by atoms with Crippen molar-refractivity contribution < 1.29 is 22.7 Å². The van der Waals surface area contributed by atoms with E-state index in [1.54, 1.807) is 0 Å². The highest BCUT2D eigenvalue weighted by atomic mass is 19.4. The molecule has 6 heteroatoms. The molecule has 94 valence electrons. The maximum Gasteiger partial charge on any atom is 0.418 e. The minimum absolute atomic E-state index is 0.0635. The molecule has 0 spiro atoms. The fraction of sp³-hybridized carbons (Fsp3) is 0.167. The van der Waals surface area contributed by atoms with Gasteiger partial charge in [-0.25, -0.2) is 4.79 Å². The second kappa shape index (κ2) is 4.29. The average Bonchev–Trinajstić information content (AvgIpc) is 2.35. The van der Waals surface area contributed by atoms with Crippen molar-refractivity contribution in [1.82, 2.24) is 4.98 Å². The number of rotatable bonds is 1. The SMILES string of the molecule is COC(=O)c1ccnc2c(C(F)(F)F)cccc12. The molecule has 2 aromatic rings. The highest BCUT2D eigenvalue weighted by molar-refractivity contribution is 6.04. The highest BCUT2D eigenvalue weighted by Gasteiger charge is 2.33. The molecule has 1 heterocycles. The molecular formula is C12H8F3NO2. The maximum atomic E-state index is 12.8. The molecule has 2 rings (SSSR count). The molecule has 18 heavy (non-hydrogen) atoms. The number of pyridine rings is 1. The average molecular weight is 255 g/mol.